The van der Waals surface area contributed by atoms with Crippen LogP contribution in [-0.2, 0) is 4.79 Å². The number of aromatic nitrogens is 3. The van der Waals surface area contributed by atoms with Crippen molar-refractivity contribution in [3.8, 4) is 11.5 Å². The van der Waals surface area contributed by atoms with E-state index < -0.39 is 5.25 Å². The van der Waals surface area contributed by atoms with Crippen LogP contribution in [0.2, 0.25) is 0 Å². The number of benzene rings is 1. The third kappa shape index (κ3) is 4.34. The molecule has 7 nitrogen and oxygen atoms in total. The number of ketones is 1. The molecule has 2 heterocycles. The number of Topliss-reactive ketones (excluding diaryl/α,β-unsaturated/α-hetero) is 1. The van der Waals surface area contributed by atoms with Crippen LogP contribution in [0.5, 0.6) is 0 Å². The maximum Gasteiger partial charge on any atom is 0.277 e. The first-order valence-electron chi connectivity index (χ1n) is 7.85. The van der Waals surface area contributed by atoms with Crippen LogP contribution in [0.4, 0.5) is 5.69 Å². The maximum atomic E-state index is 12.3. The average molecular weight is 368 g/mol. The van der Waals surface area contributed by atoms with Gasteiger partial charge in [0.2, 0.25) is 11.8 Å². The van der Waals surface area contributed by atoms with Crippen molar-refractivity contribution < 1.29 is 14.0 Å². The molecule has 3 aromatic rings. The lowest BCUT2D eigenvalue weighted by molar-refractivity contribution is -0.115. The number of anilines is 1. The van der Waals surface area contributed by atoms with Gasteiger partial charge >= 0.3 is 0 Å². The Labute approximate surface area is 154 Å². The molecule has 1 amide bonds. The molecule has 0 bridgehead atoms. The number of thioether (sulfide) groups is 1. The first kappa shape index (κ1) is 17.8. The van der Waals surface area contributed by atoms with Crippen LogP contribution < -0.4 is 5.32 Å². The minimum atomic E-state index is -0.437. The zero-order chi connectivity index (χ0) is 18.5. The van der Waals surface area contributed by atoms with Crippen LogP contribution in [-0.4, -0.2) is 32.1 Å². The largest absolute Gasteiger partial charge is 0.411 e. The van der Waals surface area contributed by atoms with Crippen LogP contribution in [0, 0.1) is 0 Å². The van der Waals surface area contributed by atoms with Gasteiger partial charge in [0.25, 0.3) is 5.22 Å². The second-order valence-electron chi connectivity index (χ2n) is 5.49. The number of nitrogens with zero attached hydrogens (tertiary/aromatic N) is 3. The number of nitrogens with one attached hydrogen (secondary N) is 1. The van der Waals surface area contributed by atoms with Gasteiger partial charge in [0, 0.05) is 29.2 Å². The van der Waals surface area contributed by atoms with Gasteiger partial charge in [-0.15, -0.1) is 10.2 Å². The molecule has 0 saturated carbocycles. The summed E-state index contributed by atoms with van der Waals surface area (Å²) in [6, 6.07) is 10.3. The zero-order valence-corrected chi connectivity index (χ0v) is 15.0. The molecule has 1 unspecified atom stereocenters. The van der Waals surface area contributed by atoms with Crippen molar-refractivity contribution in [2.24, 2.45) is 0 Å². The molecule has 0 aliphatic rings. The van der Waals surface area contributed by atoms with E-state index in [2.05, 4.69) is 20.5 Å². The Bertz CT molecular complexity index is 910. The van der Waals surface area contributed by atoms with Gasteiger partial charge in [0.1, 0.15) is 0 Å². The molecule has 0 radical (unpaired) electrons. The molecule has 0 saturated heterocycles. The van der Waals surface area contributed by atoms with E-state index >= 15 is 0 Å². The number of pyridine rings is 1. The summed E-state index contributed by atoms with van der Waals surface area (Å²) >= 11 is 1.17. The fourth-order valence-electron chi connectivity index (χ4n) is 2.11. The molecule has 0 fully saturated rings. The van der Waals surface area contributed by atoms with E-state index in [0.29, 0.717) is 22.4 Å². The zero-order valence-electron chi connectivity index (χ0n) is 14.2. The molecule has 0 spiro atoms. The highest BCUT2D eigenvalue weighted by molar-refractivity contribution is 8.00. The molecule has 0 aliphatic heterocycles. The van der Waals surface area contributed by atoms with E-state index in [1.54, 1.807) is 55.7 Å². The molecular weight excluding hydrogens is 352 g/mol. The van der Waals surface area contributed by atoms with Crippen molar-refractivity contribution in [2.75, 3.05) is 5.32 Å². The van der Waals surface area contributed by atoms with E-state index in [1.165, 1.54) is 18.7 Å². The van der Waals surface area contributed by atoms with E-state index in [-0.39, 0.29) is 11.7 Å². The maximum absolute atomic E-state index is 12.3. The summed E-state index contributed by atoms with van der Waals surface area (Å²) in [6.07, 6.45) is 3.28. The molecule has 8 heteroatoms. The smallest absolute Gasteiger partial charge is 0.277 e. The number of carbonyl (C=O) groups excluding carboxylic acids is 2. The minimum absolute atomic E-state index is 0.0202. The van der Waals surface area contributed by atoms with Gasteiger partial charge in [0.15, 0.2) is 5.78 Å². The fourth-order valence-corrected chi connectivity index (χ4v) is 2.79. The van der Waals surface area contributed by atoms with E-state index in [4.69, 9.17) is 4.42 Å². The topological polar surface area (TPSA) is 98.0 Å². The van der Waals surface area contributed by atoms with Gasteiger partial charge in [-0.25, -0.2) is 0 Å². The van der Waals surface area contributed by atoms with Gasteiger partial charge in [-0.05, 0) is 50.2 Å². The Balaban J connectivity index is 1.61. The summed E-state index contributed by atoms with van der Waals surface area (Å²) in [5, 5.41) is 10.6. The van der Waals surface area contributed by atoms with E-state index in [0.717, 1.165) is 5.56 Å². The number of rotatable bonds is 6. The Morgan fingerprint density at radius 1 is 1.08 bits per heavy atom. The summed E-state index contributed by atoms with van der Waals surface area (Å²) in [7, 11) is 0. The SMILES string of the molecule is CC(=O)c1ccc(NC(=O)C(C)Sc2nnc(-c3ccncc3)o2)cc1. The van der Waals surface area contributed by atoms with Gasteiger partial charge in [-0.1, -0.05) is 11.8 Å². The van der Waals surface area contributed by atoms with Gasteiger partial charge < -0.3 is 9.73 Å². The quantitative estimate of drug-likeness (QED) is 0.525. The average Bonchev–Trinajstić information content (AvgIpc) is 3.11. The Kier molecular flexibility index (Phi) is 5.43. The van der Waals surface area contributed by atoms with Gasteiger partial charge in [-0.2, -0.15) is 0 Å². The summed E-state index contributed by atoms with van der Waals surface area (Å²) in [5.41, 5.74) is 1.98. The Morgan fingerprint density at radius 3 is 2.42 bits per heavy atom. The predicted octanol–water partition coefficient (Wildman–Crippen LogP) is 3.45. The molecule has 1 N–H and O–H groups in total. The number of amides is 1. The summed E-state index contributed by atoms with van der Waals surface area (Å²) in [5.74, 6) is 0.157. The Hall–Kier alpha value is -3.00. The van der Waals surface area contributed by atoms with Crippen molar-refractivity contribution in [3.63, 3.8) is 0 Å². The highest BCUT2D eigenvalue weighted by Gasteiger charge is 2.19. The normalized spacial score (nSPS) is 11.8. The van der Waals surface area contributed by atoms with E-state index in [1.807, 2.05) is 0 Å². The standard InChI is InChI=1S/C18H16N4O3S/c1-11(23)13-3-5-15(6-4-13)20-16(24)12(2)26-18-22-21-17(25-18)14-7-9-19-10-8-14/h3-10,12H,1-2H3,(H,20,24). The van der Waals surface area contributed by atoms with Crippen molar-refractivity contribution in [1.29, 1.82) is 0 Å². The minimum Gasteiger partial charge on any atom is -0.411 e. The second kappa shape index (κ2) is 7.92. The molecule has 2 aromatic heterocycles. The van der Waals surface area contributed by atoms with Crippen molar-refractivity contribution in [2.45, 2.75) is 24.3 Å². The molecule has 1 aromatic carbocycles. The third-order valence-electron chi connectivity index (χ3n) is 3.54. The number of hydrogen-bond donors (Lipinski definition) is 1. The van der Waals surface area contributed by atoms with Gasteiger partial charge in [0.05, 0.1) is 5.25 Å². The van der Waals surface area contributed by atoms with Crippen molar-refractivity contribution in [3.05, 3.63) is 54.4 Å². The summed E-state index contributed by atoms with van der Waals surface area (Å²) < 4.78 is 5.58. The first-order chi connectivity index (χ1) is 12.5. The Morgan fingerprint density at radius 2 is 1.77 bits per heavy atom. The van der Waals surface area contributed by atoms with Crippen LogP contribution >= 0.6 is 11.8 Å². The third-order valence-corrected chi connectivity index (χ3v) is 4.47. The van der Waals surface area contributed by atoms with Gasteiger partial charge in [-0.3, -0.25) is 14.6 Å². The molecule has 26 heavy (non-hydrogen) atoms. The molecular formula is C18H16N4O3S. The van der Waals surface area contributed by atoms with Crippen LogP contribution in [0.25, 0.3) is 11.5 Å². The highest BCUT2D eigenvalue weighted by Crippen LogP contribution is 2.26. The molecule has 132 valence electrons. The van der Waals surface area contributed by atoms with E-state index in [9.17, 15) is 9.59 Å². The lowest BCUT2D eigenvalue weighted by Crippen LogP contribution is -2.22. The molecule has 0 aliphatic carbocycles. The molecule has 1 atom stereocenters. The predicted molar refractivity (Wildman–Crippen MR) is 97.9 cm³/mol. The lowest BCUT2D eigenvalue weighted by atomic mass is 10.1. The van der Waals surface area contributed by atoms with Crippen LogP contribution in [0.15, 0.2) is 58.4 Å². The first-order valence-corrected chi connectivity index (χ1v) is 8.73. The number of carbonyl (C=O) groups is 2. The van der Waals surface area contributed by atoms with Crippen LogP contribution in [0.3, 0.4) is 0 Å². The monoisotopic (exact) mass is 368 g/mol. The highest BCUT2D eigenvalue weighted by atomic mass is 32.2. The summed E-state index contributed by atoms with van der Waals surface area (Å²) in [6.45, 7) is 3.25. The summed E-state index contributed by atoms with van der Waals surface area (Å²) in [4.78, 5) is 27.5. The number of hydrogen-bond acceptors (Lipinski definition) is 7. The molecule has 3 rings (SSSR count). The van der Waals surface area contributed by atoms with Crippen molar-refractivity contribution in [1.82, 2.24) is 15.2 Å². The second-order valence-corrected chi connectivity index (χ2v) is 6.78. The van der Waals surface area contributed by atoms with Crippen LogP contribution in [0.1, 0.15) is 24.2 Å². The fraction of sp³-hybridized carbons (Fsp3) is 0.167. The van der Waals surface area contributed by atoms with Crippen molar-refractivity contribution >= 4 is 29.1 Å². The lowest BCUT2D eigenvalue weighted by Gasteiger charge is -2.10.